The highest BCUT2D eigenvalue weighted by Gasteiger charge is 2.22. The van der Waals surface area contributed by atoms with Gasteiger partial charge in [0, 0.05) is 35.4 Å². The topological polar surface area (TPSA) is 47.4 Å². The summed E-state index contributed by atoms with van der Waals surface area (Å²) in [5.74, 6) is 0.00478. The Morgan fingerprint density at radius 1 is 1.27 bits per heavy atom. The summed E-state index contributed by atoms with van der Waals surface area (Å²) in [6, 6.07) is 14.1. The van der Waals surface area contributed by atoms with Crippen molar-refractivity contribution in [3.05, 3.63) is 75.7 Å². The number of rotatable bonds is 7. The molecular formula is C24H27N3O2S. The van der Waals surface area contributed by atoms with Gasteiger partial charge in [0.05, 0.1) is 24.0 Å². The third-order valence-electron chi connectivity index (χ3n) is 5.43. The van der Waals surface area contributed by atoms with Crippen LogP contribution in [0, 0.1) is 13.8 Å². The molecule has 0 radical (unpaired) electrons. The number of aryl methyl sites for hydroxylation is 1. The molecule has 0 aliphatic carbocycles. The predicted molar refractivity (Wildman–Crippen MR) is 121 cm³/mol. The normalized spacial score (nSPS) is 16.4. The van der Waals surface area contributed by atoms with Crippen LogP contribution < -0.4 is 0 Å². The average molecular weight is 422 g/mol. The first-order valence-electron chi connectivity index (χ1n) is 10.3. The van der Waals surface area contributed by atoms with Crippen LogP contribution in [0.2, 0.25) is 0 Å². The lowest BCUT2D eigenvalue weighted by atomic mass is 10.1. The maximum absolute atomic E-state index is 13.1. The fourth-order valence-corrected chi connectivity index (χ4v) is 4.55. The summed E-state index contributed by atoms with van der Waals surface area (Å²) in [6.07, 6.45) is 5.79. The van der Waals surface area contributed by atoms with Gasteiger partial charge in [-0.3, -0.25) is 4.79 Å². The zero-order chi connectivity index (χ0) is 20.9. The summed E-state index contributed by atoms with van der Waals surface area (Å²) in [5.41, 5.74) is 3.93. The Morgan fingerprint density at radius 3 is 2.80 bits per heavy atom. The summed E-state index contributed by atoms with van der Waals surface area (Å²) in [4.78, 5) is 16.2. The van der Waals surface area contributed by atoms with Crippen molar-refractivity contribution < 1.29 is 9.53 Å². The van der Waals surface area contributed by atoms with Crippen LogP contribution in [0.5, 0.6) is 0 Å². The van der Waals surface area contributed by atoms with Crippen molar-refractivity contribution in [3.63, 3.8) is 0 Å². The maximum atomic E-state index is 13.1. The highest BCUT2D eigenvalue weighted by Crippen LogP contribution is 2.21. The molecule has 1 aromatic carbocycles. The number of aromatic nitrogens is 2. The molecule has 1 amide bonds. The minimum Gasteiger partial charge on any atom is -0.376 e. The molecule has 5 nitrogen and oxygen atoms in total. The number of nitrogens with zero attached hydrogens (tertiary/aromatic N) is 3. The van der Waals surface area contributed by atoms with Crippen molar-refractivity contribution in [2.45, 2.75) is 39.3 Å². The van der Waals surface area contributed by atoms with Crippen molar-refractivity contribution in [1.29, 1.82) is 0 Å². The van der Waals surface area contributed by atoms with E-state index in [1.165, 1.54) is 4.88 Å². The highest BCUT2D eigenvalue weighted by atomic mass is 32.1. The summed E-state index contributed by atoms with van der Waals surface area (Å²) >= 11 is 1.67. The van der Waals surface area contributed by atoms with Crippen molar-refractivity contribution in [2.75, 3.05) is 13.2 Å². The number of ether oxygens (including phenoxy) is 1. The van der Waals surface area contributed by atoms with Crippen LogP contribution in [0.1, 0.15) is 34.7 Å². The van der Waals surface area contributed by atoms with Gasteiger partial charge in [0.1, 0.15) is 0 Å². The molecule has 0 bridgehead atoms. The van der Waals surface area contributed by atoms with E-state index in [9.17, 15) is 4.79 Å². The minimum absolute atomic E-state index is 0.00478. The van der Waals surface area contributed by atoms with Crippen LogP contribution in [-0.4, -0.2) is 39.8 Å². The lowest BCUT2D eigenvalue weighted by Gasteiger charge is -2.23. The molecule has 4 rings (SSSR count). The Bertz CT molecular complexity index is 1000. The number of carbonyl (C=O) groups excluding carboxylic acids is 1. The molecule has 0 spiro atoms. The van der Waals surface area contributed by atoms with Gasteiger partial charge in [-0.25, -0.2) is 4.68 Å². The molecule has 30 heavy (non-hydrogen) atoms. The number of para-hydroxylation sites is 1. The summed E-state index contributed by atoms with van der Waals surface area (Å²) < 4.78 is 7.70. The van der Waals surface area contributed by atoms with Crippen molar-refractivity contribution in [3.8, 4) is 5.69 Å². The third kappa shape index (κ3) is 4.71. The van der Waals surface area contributed by atoms with Crippen LogP contribution >= 0.6 is 11.3 Å². The third-order valence-corrected chi connectivity index (χ3v) is 6.29. The number of thiophene rings is 1. The van der Waals surface area contributed by atoms with Crippen LogP contribution in [0.3, 0.4) is 0 Å². The summed E-state index contributed by atoms with van der Waals surface area (Å²) in [6.45, 7) is 6.04. The fourth-order valence-electron chi connectivity index (χ4n) is 3.83. The monoisotopic (exact) mass is 421 g/mol. The largest absolute Gasteiger partial charge is 0.376 e. The number of amides is 1. The molecule has 6 heteroatoms. The Balaban J connectivity index is 1.53. The van der Waals surface area contributed by atoms with Crippen LogP contribution in [0.4, 0.5) is 0 Å². The molecule has 1 fully saturated rings. The second-order valence-corrected chi connectivity index (χ2v) is 8.63. The van der Waals surface area contributed by atoms with E-state index < -0.39 is 0 Å². The molecule has 156 valence electrons. The molecule has 3 heterocycles. The molecule has 3 aromatic rings. The Kier molecular flexibility index (Phi) is 6.45. The number of benzene rings is 1. The Morgan fingerprint density at radius 2 is 2.10 bits per heavy atom. The van der Waals surface area contributed by atoms with E-state index in [0.29, 0.717) is 13.1 Å². The maximum Gasteiger partial charge on any atom is 0.246 e. The van der Waals surface area contributed by atoms with Crippen LogP contribution in [-0.2, 0) is 16.1 Å². The second-order valence-electron chi connectivity index (χ2n) is 7.60. The average Bonchev–Trinajstić information content (AvgIpc) is 3.50. The van der Waals surface area contributed by atoms with Crippen molar-refractivity contribution in [2.24, 2.45) is 0 Å². The molecule has 1 unspecified atom stereocenters. The molecule has 0 N–H and O–H groups in total. The van der Waals surface area contributed by atoms with Gasteiger partial charge in [-0.2, -0.15) is 5.10 Å². The quantitative estimate of drug-likeness (QED) is 0.516. The van der Waals surface area contributed by atoms with E-state index >= 15 is 0 Å². The fraction of sp³-hybridized carbons (Fsp3) is 0.333. The van der Waals surface area contributed by atoms with E-state index in [2.05, 4.69) is 11.2 Å². The van der Waals surface area contributed by atoms with Gasteiger partial charge in [0.15, 0.2) is 0 Å². The standard InChI is InChI=1S/C24H27N3O2S/c1-18-23(19(2)27(25-18)20-8-4-3-5-9-20)12-13-24(28)26(16-21-10-6-14-29-21)17-22-11-7-15-30-22/h3-5,7-9,11-13,15,21H,6,10,14,16-17H2,1-2H3/b13-12+. The Hall–Kier alpha value is -2.70. The van der Waals surface area contributed by atoms with Crippen molar-refractivity contribution in [1.82, 2.24) is 14.7 Å². The van der Waals surface area contributed by atoms with Gasteiger partial charge in [-0.1, -0.05) is 24.3 Å². The van der Waals surface area contributed by atoms with E-state index in [0.717, 1.165) is 42.1 Å². The zero-order valence-electron chi connectivity index (χ0n) is 17.5. The first kappa shape index (κ1) is 20.6. The van der Waals surface area contributed by atoms with E-state index in [4.69, 9.17) is 4.74 Å². The molecule has 1 saturated heterocycles. The van der Waals surface area contributed by atoms with Crippen LogP contribution in [0.15, 0.2) is 53.9 Å². The number of hydrogen-bond donors (Lipinski definition) is 0. The number of hydrogen-bond acceptors (Lipinski definition) is 4. The van der Waals surface area contributed by atoms with Gasteiger partial charge in [-0.05, 0) is 56.3 Å². The molecule has 2 aromatic heterocycles. The van der Waals surface area contributed by atoms with Gasteiger partial charge >= 0.3 is 0 Å². The molecular weight excluding hydrogens is 394 g/mol. The molecule has 1 atom stereocenters. The van der Waals surface area contributed by atoms with Gasteiger partial charge < -0.3 is 9.64 Å². The molecule has 1 aliphatic heterocycles. The zero-order valence-corrected chi connectivity index (χ0v) is 18.3. The van der Waals surface area contributed by atoms with Gasteiger partial charge in [0.25, 0.3) is 0 Å². The lowest BCUT2D eigenvalue weighted by Crippen LogP contribution is -2.35. The summed E-state index contributed by atoms with van der Waals surface area (Å²) in [7, 11) is 0. The smallest absolute Gasteiger partial charge is 0.246 e. The molecule has 1 aliphatic rings. The van der Waals surface area contributed by atoms with E-state index in [1.807, 2.05) is 71.3 Å². The second kappa shape index (κ2) is 9.41. The van der Waals surface area contributed by atoms with E-state index in [-0.39, 0.29) is 12.0 Å². The first-order valence-corrected chi connectivity index (χ1v) is 11.2. The van der Waals surface area contributed by atoms with Crippen LogP contribution in [0.25, 0.3) is 11.8 Å². The predicted octanol–water partition coefficient (Wildman–Crippen LogP) is 4.77. The summed E-state index contributed by atoms with van der Waals surface area (Å²) in [5, 5.41) is 6.72. The first-order chi connectivity index (χ1) is 14.6. The Labute approximate surface area is 181 Å². The minimum atomic E-state index is 0.00478. The number of carbonyl (C=O) groups is 1. The van der Waals surface area contributed by atoms with Gasteiger partial charge in [-0.15, -0.1) is 11.3 Å². The van der Waals surface area contributed by atoms with E-state index in [1.54, 1.807) is 17.4 Å². The SMILES string of the molecule is Cc1nn(-c2ccccc2)c(C)c1/C=C/C(=O)N(Cc1cccs1)CC1CCCO1. The highest BCUT2D eigenvalue weighted by molar-refractivity contribution is 7.09. The molecule has 0 saturated carbocycles. The lowest BCUT2D eigenvalue weighted by molar-refractivity contribution is -0.128. The van der Waals surface area contributed by atoms with Gasteiger partial charge in [0.2, 0.25) is 5.91 Å². The van der Waals surface area contributed by atoms with Crippen molar-refractivity contribution >= 4 is 23.3 Å².